The lowest BCUT2D eigenvalue weighted by Gasteiger charge is -2.11. The van der Waals surface area contributed by atoms with Gasteiger partial charge in [-0.25, -0.2) is 9.79 Å². The Bertz CT molecular complexity index is 1230. The number of esters is 2. The summed E-state index contributed by atoms with van der Waals surface area (Å²) < 4.78 is 16.1. The Hall–Kier alpha value is -3.93. The highest BCUT2D eigenvalue weighted by molar-refractivity contribution is 6.17. The van der Waals surface area contributed by atoms with E-state index in [0.717, 1.165) is 16.3 Å². The maximum absolute atomic E-state index is 12.5. The van der Waals surface area contributed by atoms with Gasteiger partial charge in [-0.2, -0.15) is 0 Å². The minimum atomic E-state index is -0.542. The number of methoxy groups -OCH3 is 1. The van der Waals surface area contributed by atoms with E-state index in [4.69, 9.17) is 14.2 Å². The number of rotatable bonds is 5. The van der Waals surface area contributed by atoms with Crippen LogP contribution in [0.2, 0.25) is 0 Å². The van der Waals surface area contributed by atoms with Crippen molar-refractivity contribution < 1.29 is 23.8 Å². The first-order valence-corrected chi connectivity index (χ1v) is 9.86. The standard InChI is InChI=1S/C25H21NO5/c1-15(2)24(27)30-22-14-16(11-12-21(22)29-3)13-20-25(28)31-23(26-20)19-10-6-8-17-7-4-5-9-18(17)19/h4-15H,1-3H3/b20-13-. The number of hydrogen-bond donors (Lipinski definition) is 0. The molecule has 0 fully saturated rings. The molecule has 1 aliphatic rings. The van der Waals surface area contributed by atoms with E-state index in [1.807, 2.05) is 42.5 Å². The highest BCUT2D eigenvalue weighted by Gasteiger charge is 2.25. The Balaban J connectivity index is 1.69. The van der Waals surface area contributed by atoms with Gasteiger partial charge in [0.25, 0.3) is 0 Å². The molecule has 0 spiro atoms. The molecule has 3 aromatic rings. The van der Waals surface area contributed by atoms with Crippen LogP contribution < -0.4 is 9.47 Å². The molecule has 4 rings (SSSR count). The molecule has 1 heterocycles. The summed E-state index contributed by atoms with van der Waals surface area (Å²) in [5.41, 5.74) is 1.53. The molecule has 6 nitrogen and oxygen atoms in total. The molecule has 0 atom stereocenters. The summed E-state index contributed by atoms with van der Waals surface area (Å²) >= 11 is 0. The zero-order chi connectivity index (χ0) is 22.0. The van der Waals surface area contributed by atoms with Crippen molar-refractivity contribution in [2.45, 2.75) is 13.8 Å². The molecule has 0 aliphatic carbocycles. The van der Waals surface area contributed by atoms with Crippen LogP contribution in [-0.4, -0.2) is 24.9 Å². The van der Waals surface area contributed by atoms with Crippen LogP contribution in [0.1, 0.15) is 25.0 Å². The van der Waals surface area contributed by atoms with Crippen molar-refractivity contribution in [1.29, 1.82) is 0 Å². The van der Waals surface area contributed by atoms with E-state index in [1.165, 1.54) is 7.11 Å². The zero-order valence-electron chi connectivity index (χ0n) is 17.4. The lowest BCUT2D eigenvalue weighted by atomic mass is 10.0. The molecule has 0 amide bonds. The lowest BCUT2D eigenvalue weighted by Crippen LogP contribution is -2.15. The summed E-state index contributed by atoms with van der Waals surface area (Å²) in [6.45, 7) is 3.50. The topological polar surface area (TPSA) is 74.2 Å². The Morgan fingerprint density at radius 3 is 2.58 bits per heavy atom. The van der Waals surface area contributed by atoms with Gasteiger partial charge >= 0.3 is 11.9 Å². The van der Waals surface area contributed by atoms with Crippen LogP contribution in [0.25, 0.3) is 16.8 Å². The molecule has 1 aliphatic heterocycles. The number of aliphatic imine (C=N–C) groups is 1. The van der Waals surface area contributed by atoms with E-state index in [-0.39, 0.29) is 29.2 Å². The van der Waals surface area contributed by atoms with Crippen molar-refractivity contribution >= 4 is 34.7 Å². The van der Waals surface area contributed by atoms with Crippen LogP contribution in [0.15, 0.2) is 71.4 Å². The van der Waals surface area contributed by atoms with E-state index in [2.05, 4.69) is 4.99 Å². The van der Waals surface area contributed by atoms with Gasteiger partial charge in [0, 0.05) is 5.56 Å². The number of hydrogen-bond acceptors (Lipinski definition) is 6. The maximum atomic E-state index is 12.5. The largest absolute Gasteiger partial charge is 0.493 e. The van der Waals surface area contributed by atoms with Crippen molar-refractivity contribution in [3.05, 3.63) is 77.5 Å². The first-order valence-electron chi connectivity index (χ1n) is 9.86. The average molecular weight is 415 g/mol. The predicted octanol–water partition coefficient (Wildman–Crippen LogP) is 4.75. The van der Waals surface area contributed by atoms with Crippen LogP contribution in [-0.2, 0) is 14.3 Å². The van der Waals surface area contributed by atoms with Crippen LogP contribution in [0.4, 0.5) is 0 Å². The fourth-order valence-corrected chi connectivity index (χ4v) is 3.18. The van der Waals surface area contributed by atoms with Crippen LogP contribution in [0.5, 0.6) is 11.5 Å². The summed E-state index contributed by atoms with van der Waals surface area (Å²) in [5, 5.41) is 1.98. The molecule has 3 aromatic carbocycles. The SMILES string of the molecule is COc1ccc(/C=C2\N=C(c3cccc4ccccc34)OC2=O)cc1OC(=O)C(C)C. The number of carbonyl (C=O) groups excluding carboxylic acids is 2. The van der Waals surface area contributed by atoms with Gasteiger partial charge in [-0.05, 0) is 40.6 Å². The van der Waals surface area contributed by atoms with Crippen molar-refractivity contribution in [1.82, 2.24) is 0 Å². The summed E-state index contributed by atoms with van der Waals surface area (Å²) in [6, 6.07) is 18.6. The minimum absolute atomic E-state index is 0.161. The van der Waals surface area contributed by atoms with Crippen molar-refractivity contribution in [2.75, 3.05) is 7.11 Å². The number of cyclic esters (lactones) is 1. The second kappa shape index (κ2) is 8.44. The molecule has 0 saturated heterocycles. The van der Waals surface area contributed by atoms with Gasteiger partial charge in [0.15, 0.2) is 17.2 Å². The third kappa shape index (κ3) is 4.19. The Morgan fingerprint density at radius 2 is 1.81 bits per heavy atom. The normalized spacial score (nSPS) is 14.6. The first-order chi connectivity index (χ1) is 15.0. The molecule has 0 saturated carbocycles. The lowest BCUT2D eigenvalue weighted by molar-refractivity contribution is -0.137. The fraction of sp³-hybridized carbons (Fsp3) is 0.160. The van der Waals surface area contributed by atoms with Crippen molar-refractivity contribution in [2.24, 2.45) is 10.9 Å². The Labute approximate surface area is 179 Å². The molecule has 31 heavy (non-hydrogen) atoms. The molecule has 156 valence electrons. The predicted molar refractivity (Wildman–Crippen MR) is 118 cm³/mol. The van der Waals surface area contributed by atoms with E-state index < -0.39 is 5.97 Å². The molecule has 0 aromatic heterocycles. The van der Waals surface area contributed by atoms with Crippen molar-refractivity contribution in [3.63, 3.8) is 0 Å². The van der Waals surface area contributed by atoms with Gasteiger partial charge in [-0.3, -0.25) is 4.79 Å². The van der Waals surface area contributed by atoms with Gasteiger partial charge in [-0.1, -0.05) is 56.3 Å². The smallest absolute Gasteiger partial charge is 0.363 e. The van der Waals surface area contributed by atoms with E-state index in [0.29, 0.717) is 11.3 Å². The highest BCUT2D eigenvalue weighted by atomic mass is 16.6. The van der Waals surface area contributed by atoms with Gasteiger partial charge in [0.05, 0.1) is 13.0 Å². The minimum Gasteiger partial charge on any atom is -0.493 e. The fourth-order valence-electron chi connectivity index (χ4n) is 3.18. The number of benzene rings is 3. The monoisotopic (exact) mass is 415 g/mol. The van der Waals surface area contributed by atoms with Crippen LogP contribution >= 0.6 is 0 Å². The summed E-state index contributed by atoms with van der Waals surface area (Å²) in [5.74, 6) is -0.248. The van der Waals surface area contributed by atoms with Gasteiger partial charge < -0.3 is 14.2 Å². The number of nitrogens with zero attached hydrogens (tertiary/aromatic N) is 1. The maximum Gasteiger partial charge on any atom is 0.363 e. The highest BCUT2D eigenvalue weighted by Crippen LogP contribution is 2.31. The van der Waals surface area contributed by atoms with Crippen molar-refractivity contribution in [3.8, 4) is 11.5 Å². The molecule has 0 radical (unpaired) electrons. The van der Waals surface area contributed by atoms with Gasteiger partial charge in [0.2, 0.25) is 5.90 Å². The molecular weight excluding hydrogens is 394 g/mol. The second-order valence-electron chi connectivity index (χ2n) is 7.35. The molecule has 0 N–H and O–H groups in total. The summed E-state index contributed by atoms with van der Waals surface area (Å²) in [6.07, 6.45) is 1.59. The third-order valence-corrected chi connectivity index (χ3v) is 4.81. The molecule has 6 heteroatoms. The summed E-state index contributed by atoms with van der Waals surface area (Å²) in [4.78, 5) is 28.9. The number of fused-ring (bicyclic) bond motifs is 1. The third-order valence-electron chi connectivity index (χ3n) is 4.81. The van der Waals surface area contributed by atoms with Crippen LogP contribution in [0, 0.1) is 5.92 Å². The zero-order valence-corrected chi connectivity index (χ0v) is 17.4. The average Bonchev–Trinajstić information content (AvgIpc) is 3.13. The summed E-state index contributed by atoms with van der Waals surface area (Å²) in [7, 11) is 1.50. The van der Waals surface area contributed by atoms with Crippen LogP contribution in [0.3, 0.4) is 0 Å². The van der Waals surface area contributed by atoms with Gasteiger partial charge in [-0.15, -0.1) is 0 Å². The second-order valence-corrected chi connectivity index (χ2v) is 7.35. The first kappa shape index (κ1) is 20.3. The Kier molecular flexibility index (Phi) is 5.54. The van der Waals surface area contributed by atoms with E-state index in [9.17, 15) is 9.59 Å². The van der Waals surface area contributed by atoms with E-state index in [1.54, 1.807) is 38.1 Å². The number of carbonyl (C=O) groups is 2. The molecule has 0 unspecified atom stereocenters. The number of ether oxygens (including phenoxy) is 3. The molecule has 0 bridgehead atoms. The van der Waals surface area contributed by atoms with E-state index >= 15 is 0 Å². The van der Waals surface area contributed by atoms with Gasteiger partial charge in [0.1, 0.15) is 0 Å². The Morgan fingerprint density at radius 1 is 1.03 bits per heavy atom. The molecular formula is C25H21NO5. The quantitative estimate of drug-likeness (QED) is 0.341.